The molecule has 2 heterocycles. The number of fused-ring (bicyclic) bond motifs is 2. The van der Waals surface area contributed by atoms with Crippen molar-refractivity contribution < 1.29 is 0 Å². The molecular formula is C17H23BrN2. The van der Waals surface area contributed by atoms with Gasteiger partial charge in [-0.05, 0) is 62.3 Å². The quantitative estimate of drug-likeness (QED) is 0.847. The van der Waals surface area contributed by atoms with Gasteiger partial charge < -0.3 is 5.32 Å². The van der Waals surface area contributed by atoms with E-state index in [9.17, 15) is 0 Å². The Balaban J connectivity index is 1.69. The van der Waals surface area contributed by atoms with Crippen LogP contribution in [-0.2, 0) is 6.42 Å². The highest BCUT2D eigenvalue weighted by Gasteiger charge is 2.52. The third-order valence-corrected chi connectivity index (χ3v) is 6.72. The first-order valence-corrected chi connectivity index (χ1v) is 8.63. The first kappa shape index (κ1) is 13.3. The van der Waals surface area contributed by atoms with E-state index in [0.717, 1.165) is 11.8 Å². The lowest BCUT2D eigenvalue weighted by Crippen LogP contribution is -2.45. The van der Waals surface area contributed by atoms with Crippen molar-refractivity contribution in [2.45, 2.75) is 38.3 Å². The summed E-state index contributed by atoms with van der Waals surface area (Å²) in [7, 11) is 0. The lowest BCUT2D eigenvalue weighted by Gasteiger charge is -2.40. The maximum absolute atomic E-state index is 3.73. The van der Waals surface area contributed by atoms with Gasteiger partial charge in [-0.2, -0.15) is 0 Å². The van der Waals surface area contributed by atoms with Crippen LogP contribution in [0.5, 0.6) is 0 Å². The summed E-state index contributed by atoms with van der Waals surface area (Å²) in [6.45, 7) is 8.59. The van der Waals surface area contributed by atoms with Gasteiger partial charge in [-0.1, -0.05) is 28.1 Å². The third kappa shape index (κ3) is 1.76. The van der Waals surface area contributed by atoms with E-state index < -0.39 is 0 Å². The van der Waals surface area contributed by atoms with Crippen LogP contribution in [0.3, 0.4) is 0 Å². The summed E-state index contributed by atoms with van der Waals surface area (Å²) >= 11 is 3.73. The van der Waals surface area contributed by atoms with Crippen molar-refractivity contribution in [1.29, 1.82) is 0 Å². The molecule has 1 aromatic carbocycles. The Labute approximate surface area is 130 Å². The van der Waals surface area contributed by atoms with Crippen LogP contribution in [0.2, 0.25) is 0 Å². The molecule has 0 bridgehead atoms. The topological polar surface area (TPSA) is 15.3 Å². The van der Waals surface area contributed by atoms with Crippen molar-refractivity contribution in [3.63, 3.8) is 0 Å². The first-order valence-electron chi connectivity index (χ1n) is 7.84. The van der Waals surface area contributed by atoms with E-state index in [0.29, 0.717) is 11.6 Å². The molecule has 3 atom stereocenters. The van der Waals surface area contributed by atoms with Crippen LogP contribution in [-0.4, -0.2) is 30.1 Å². The van der Waals surface area contributed by atoms with Crippen LogP contribution in [0.1, 0.15) is 37.4 Å². The predicted molar refractivity (Wildman–Crippen MR) is 85.8 cm³/mol. The fourth-order valence-electron chi connectivity index (χ4n) is 4.89. The summed E-state index contributed by atoms with van der Waals surface area (Å²) in [6.07, 6.45) is 2.51. The van der Waals surface area contributed by atoms with Gasteiger partial charge in [-0.15, -0.1) is 0 Å². The molecule has 2 saturated heterocycles. The standard InChI is InChI=1S/C17H23BrN2/c1-17(2)14-9-19-8-11(14)10-20(17)16-7-6-12-13(16)4-3-5-15(12)18/h3-5,11,14,16,19H,6-10H2,1-2H3. The minimum absolute atomic E-state index is 0.322. The molecule has 0 radical (unpaired) electrons. The second-order valence-electron chi connectivity index (χ2n) is 7.19. The average Bonchev–Trinajstić information content (AvgIpc) is 3.06. The highest BCUT2D eigenvalue weighted by Crippen LogP contribution is 2.49. The molecule has 0 saturated carbocycles. The van der Waals surface area contributed by atoms with Gasteiger partial charge in [-0.25, -0.2) is 0 Å². The van der Waals surface area contributed by atoms with Gasteiger partial charge >= 0.3 is 0 Å². The molecule has 3 heteroatoms. The highest BCUT2D eigenvalue weighted by molar-refractivity contribution is 9.10. The lowest BCUT2D eigenvalue weighted by atomic mass is 9.84. The van der Waals surface area contributed by atoms with Crippen LogP contribution in [0.25, 0.3) is 0 Å². The van der Waals surface area contributed by atoms with Gasteiger partial charge in [0.1, 0.15) is 0 Å². The molecular weight excluding hydrogens is 312 g/mol. The van der Waals surface area contributed by atoms with Crippen molar-refractivity contribution in [1.82, 2.24) is 10.2 Å². The van der Waals surface area contributed by atoms with E-state index in [1.807, 2.05) is 0 Å². The maximum atomic E-state index is 3.73. The zero-order chi connectivity index (χ0) is 13.9. The summed E-state index contributed by atoms with van der Waals surface area (Å²) in [6, 6.07) is 7.37. The summed E-state index contributed by atoms with van der Waals surface area (Å²) in [4.78, 5) is 2.81. The first-order chi connectivity index (χ1) is 9.59. The third-order valence-electron chi connectivity index (χ3n) is 5.98. The molecule has 0 spiro atoms. The molecule has 4 rings (SSSR count). The van der Waals surface area contributed by atoms with Crippen LogP contribution in [0, 0.1) is 11.8 Å². The van der Waals surface area contributed by atoms with E-state index in [1.165, 1.54) is 36.9 Å². The number of rotatable bonds is 1. The monoisotopic (exact) mass is 334 g/mol. The van der Waals surface area contributed by atoms with Crippen molar-refractivity contribution in [3.8, 4) is 0 Å². The number of hydrogen-bond donors (Lipinski definition) is 1. The molecule has 1 aromatic rings. The lowest BCUT2D eigenvalue weighted by molar-refractivity contribution is 0.0888. The summed E-state index contributed by atoms with van der Waals surface area (Å²) in [5.41, 5.74) is 3.44. The van der Waals surface area contributed by atoms with Crippen LogP contribution >= 0.6 is 15.9 Å². The zero-order valence-corrected chi connectivity index (χ0v) is 13.9. The largest absolute Gasteiger partial charge is 0.316 e. The van der Waals surface area contributed by atoms with E-state index >= 15 is 0 Å². The van der Waals surface area contributed by atoms with Crippen LogP contribution in [0.15, 0.2) is 22.7 Å². The van der Waals surface area contributed by atoms with Gasteiger partial charge in [0.2, 0.25) is 0 Å². The minimum atomic E-state index is 0.322. The average molecular weight is 335 g/mol. The van der Waals surface area contributed by atoms with Crippen molar-refractivity contribution in [2.75, 3.05) is 19.6 Å². The van der Waals surface area contributed by atoms with Gasteiger partial charge in [-0.3, -0.25) is 4.90 Å². The van der Waals surface area contributed by atoms with Crippen molar-refractivity contribution in [3.05, 3.63) is 33.8 Å². The Morgan fingerprint density at radius 3 is 2.95 bits per heavy atom. The Hall–Kier alpha value is -0.380. The SMILES string of the molecule is CC1(C)C2CNCC2CN1C1CCc2c(Br)cccc21. The normalized spacial score (nSPS) is 35.2. The number of likely N-dealkylation sites (tertiary alicyclic amines) is 1. The number of nitrogens with one attached hydrogen (secondary N) is 1. The van der Waals surface area contributed by atoms with Crippen LogP contribution in [0.4, 0.5) is 0 Å². The second-order valence-corrected chi connectivity index (χ2v) is 8.05. The molecule has 1 aliphatic carbocycles. The molecule has 3 aliphatic rings. The summed E-state index contributed by atoms with van der Waals surface area (Å²) in [5.74, 6) is 1.67. The minimum Gasteiger partial charge on any atom is -0.316 e. The molecule has 108 valence electrons. The molecule has 2 aliphatic heterocycles. The summed E-state index contributed by atoms with van der Waals surface area (Å²) < 4.78 is 1.30. The highest BCUT2D eigenvalue weighted by atomic mass is 79.9. The fraction of sp³-hybridized carbons (Fsp3) is 0.647. The number of benzene rings is 1. The number of nitrogens with zero attached hydrogens (tertiary/aromatic N) is 1. The molecule has 2 nitrogen and oxygen atoms in total. The predicted octanol–water partition coefficient (Wildman–Crippen LogP) is 3.37. The molecule has 0 aromatic heterocycles. The molecule has 3 unspecified atom stereocenters. The Morgan fingerprint density at radius 1 is 1.30 bits per heavy atom. The Bertz CT molecular complexity index is 540. The van der Waals surface area contributed by atoms with E-state index in [4.69, 9.17) is 0 Å². The smallest absolute Gasteiger partial charge is 0.0359 e. The summed E-state index contributed by atoms with van der Waals surface area (Å²) in [5, 5.41) is 3.59. The van der Waals surface area contributed by atoms with E-state index in [-0.39, 0.29) is 0 Å². The van der Waals surface area contributed by atoms with Crippen molar-refractivity contribution in [2.24, 2.45) is 11.8 Å². The Kier molecular flexibility index (Phi) is 3.03. The number of halogens is 1. The van der Waals surface area contributed by atoms with Crippen LogP contribution < -0.4 is 5.32 Å². The molecule has 2 fully saturated rings. The van der Waals surface area contributed by atoms with Gasteiger partial charge in [0.25, 0.3) is 0 Å². The zero-order valence-electron chi connectivity index (χ0n) is 12.3. The molecule has 0 amide bonds. The van der Waals surface area contributed by atoms with Gasteiger partial charge in [0, 0.05) is 29.1 Å². The maximum Gasteiger partial charge on any atom is 0.0359 e. The fourth-order valence-corrected chi connectivity index (χ4v) is 5.47. The van der Waals surface area contributed by atoms with E-state index in [1.54, 1.807) is 11.1 Å². The molecule has 1 N–H and O–H groups in total. The van der Waals surface area contributed by atoms with Gasteiger partial charge in [0.15, 0.2) is 0 Å². The molecule has 20 heavy (non-hydrogen) atoms. The second kappa shape index (κ2) is 4.56. The van der Waals surface area contributed by atoms with Gasteiger partial charge in [0.05, 0.1) is 0 Å². The van der Waals surface area contributed by atoms with E-state index in [2.05, 4.69) is 58.2 Å². The van der Waals surface area contributed by atoms with Crippen molar-refractivity contribution >= 4 is 15.9 Å². The number of hydrogen-bond acceptors (Lipinski definition) is 2. The Morgan fingerprint density at radius 2 is 2.15 bits per heavy atom.